The van der Waals surface area contributed by atoms with E-state index >= 15 is 0 Å². The lowest BCUT2D eigenvalue weighted by atomic mass is 10.00. The van der Waals surface area contributed by atoms with E-state index in [9.17, 15) is 28.8 Å². The number of H-pyrrole nitrogens is 5. The fourth-order valence-corrected chi connectivity index (χ4v) is 19.7. The van der Waals surface area contributed by atoms with Crippen LogP contribution in [0.1, 0.15) is 100 Å². The quantitative estimate of drug-likeness (QED) is 0.0473. The van der Waals surface area contributed by atoms with Crippen molar-refractivity contribution in [3.05, 3.63) is 260 Å². The largest absolute Gasteiger partial charge is 0.492 e. The van der Waals surface area contributed by atoms with Crippen LogP contribution in [0.15, 0.2) is 215 Å². The summed E-state index contributed by atoms with van der Waals surface area (Å²) in [7, 11) is 4.03. The Balaban J connectivity index is 0.000000118. The highest BCUT2D eigenvalue weighted by Crippen LogP contribution is 2.40. The summed E-state index contributed by atoms with van der Waals surface area (Å²) in [5.41, 5.74) is 12.5. The molecular weight excluding hydrogens is 1700 g/mol. The van der Waals surface area contributed by atoms with Crippen LogP contribution in [0.4, 0.5) is 0 Å². The third kappa shape index (κ3) is 21.4. The Morgan fingerprint density at radius 3 is 1.45 bits per heavy atom. The number of morpholine rings is 1. The molecule has 1 unspecified atom stereocenters. The van der Waals surface area contributed by atoms with E-state index in [1.54, 1.807) is 54.7 Å². The average Bonchev–Trinajstić information content (AvgIpc) is 1.67. The van der Waals surface area contributed by atoms with Gasteiger partial charge in [-0.05, 0) is 183 Å². The molecule has 17 aromatic rings. The normalized spacial score (nSPS) is 14.2. The number of nitrogens with zero attached hydrogens (tertiary/aromatic N) is 14. The molecule has 127 heavy (non-hydrogen) atoms. The summed E-state index contributed by atoms with van der Waals surface area (Å²) in [6.07, 6.45) is 19.8. The molecule has 0 bridgehead atoms. The highest BCUT2D eigenvalue weighted by atomic mass is 32.1. The number of carbonyl (C=O) groups is 1. The van der Waals surface area contributed by atoms with Gasteiger partial charge in [0.1, 0.15) is 69.8 Å². The number of nitrogens with one attached hydrogen (secondary N) is 5. The number of aromatic amines is 5. The van der Waals surface area contributed by atoms with Gasteiger partial charge in [0, 0.05) is 102 Å². The molecule has 1 saturated carbocycles. The van der Waals surface area contributed by atoms with Gasteiger partial charge in [-0.3, -0.25) is 53.7 Å². The number of amides is 1. The van der Waals surface area contributed by atoms with Crippen molar-refractivity contribution in [2.24, 2.45) is 11.8 Å². The van der Waals surface area contributed by atoms with Crippen molar-refractivity contribution in [1.29, 1.82) is 0 Å². The number of rotatable bonds is 20. The van der Waals surface area contributed by atoms with E-state index in [0.717, 1.165) is 81.9 Å². The number of aromatic nitrogens is 16. The van der Waals surface area contributed by atoms with E-state index in [2.05, 4.69) is 113 Å². The number of pyridine rings is 6. The smallest absolute Gasteiger partial charge is 0.269 e. The number of thiophene rings is 5. The van der Waals surface area contributed by atoms with Crippen LogP contribution in [0.3, 0.4) is 0 Å². The van der Waals surface area contributed by atoms with Crippen molar-refractivity contribution in [1.82, 2.24) is 94.4 Å². The molecule has 1 aromatic carbocycles. The van der Waals surface area contributed by atoms with E-state index in [1.165, 1.54) is 107 Å². The molecule has 648 valence electrons. The van der Waals surface area contributed by atoms with Gasteiger partial charge >= 0.3 is 0 Å². The first-order valence-corrected chi connectivity index (χ1v) is 46.5. The standard InChI is InChI=1S/C22H25N5O3S.C21H20N4O2S.C20H18N4O2S.C16H15N3OS.C15H15N3OS/c28-21-19-18(24-20(25-21)17-6-2-3-7-23-17)16(14-31-19)22(29)27-10-11-30-15(13-27)12-26-8-4-1-5-9-26;1-25(2)10-11-27-15-7-5-6-14(12-15)16-13-28-19-18(16)23-20(24-21(19)26)17-8-3-4-9-22-17;1-12(2)10-26-16-7-6-13(9-22-16)14-11-27-18-17(14)23-19(24-20(18)25)15-5-3-4-8-21-15;20-16-14-13(11(9-21-14)10-5-1-2-6-10)18-15(19-16)12-7-3-4-8-17-12;1-9(2)7-10-8-20-13-12(10)17-14(18-15(13)19)11-5-3-4-6-16-11/h2-3,6-7,14-15H,1,4-5,8-13H2,(H,24,25,28);3-9,12-13H,10-11H2,1-2H3,(H,23,24,26);3-9,11-12H,10H2,1-2H3,(H,23,24,25);3-4,7-10H,1-2,5-6H2,(H,18,19,20);3-6,8-9H,7H2,1-2H3,(H,17,18,19). The van der Waals surface area contributed by atoms with Crippen LogP contribution in [0.2, 0.25) is 0 Å². The summed E-state index contributed by atoms with van der Waals surface area (Å²) in [5, 5.41) is 9.79. The minimum atomic E-state index is -0.250. The van der Waals surface area contributed by atoms with Crippen LogP contribution in [-0.4, -0.2) is 180 Å². The molecule has 1 amide bonds. The fourth-order valence-electron chi connectivity index (χ4n) is 15.1. The van der Waals surface area contributed by atoms with Crippen LogP contribution < -0.4 is 37.3 Å². The summed E-state index contributed by atoms with van der Waals surface area (Å²) < 4.78 is 20.5. The summed E-state index contributed by atoms with van der Waals surface area (Å²) in [6, 6.07) is 39.3. The summed E-state index contributed by atoms with van der Waals surface area (Å²) >= 11 is 6.98. The zero-order valence-electron chi connectivity index (χ0n) is 70.8. The Kier molecular flexibility index (Phi) is 28.4. The van der Waals surface area contributed by atoms with E-state index in [0.29, 0.717) is 155 Å². The molecule has 2 saturated heterocycles. The van der Waals surface area contributed by atoms with Gasteiger partial charge in [-0.25, -0.2) is 29.9 Å². The lowest BCUT2D eigenvalue weighted by Crippen LogP contribution is -2.50. The van der Waals surface area contributed by atoms with Crippen LogP contribution in [0.25, 0.3) is 131 Å². The highest BCUT2D eigenvalue weighted by Gasteiger charge is 2.31. The Morgan fingerprint density at radius 2 is 0.953 bits per heavy atom. The van der Waals surface area contributed by atoms with Crippen LogP contribution in [0, 0.1) is 11.8 Å². The third-order valence-corrected chi connectivity index (χ3v) is 26.2. The first-order valence-electron chi connectivity index (χ1n) is 42.1. The van der Waals surface area contributed by atoms with Gasteiger partial charge in [0.25, 0.3) is 33.7 Å². The Labute approximate surface area is 749 Å². The van der Waals surface area contributed by atoms with Gasteiger partial charge in [-0.2, -0.15) is 0 Å². The van der Waals surface area contributed by atoms with E-state index in [-0.39, 0.29) is 39.8 Å². The Bertz CT molecular complexity index is 6930. The molecule has 16 aromatic heterocycles. The maximum Gasteiger partial charge on any atom is 0.269 e. The molecule has 3 fully saturated rings. The molecule has 3 aliphatic rings. The molecule has 20 rings (SSSR count). The molecular formula is C94H93N19O9S5. The molecule has 2 aliphatic heterocycles. The minimum absolute atomic E-state index is 0.0149. The predicted molar refractivity (Wildman–Crippen MR) is 506 cm³/mol. The number of likely N-dealkylation sites (tertiary alicyclic amines) is 1. The lowest BCUT2D eigenvalue weighted by Gasteiger charge is -2.36. The molecule has 33 heteroatoms. The number of piperidine rings is 1. The van der Waals surface area contributed by atoms with Crippen molar-refractivity contribution in [2.45, 2.75) is 91.1 Å². The second-order valence-electron chi connectivity index (χ2n) is 31.9. The molecule has 0 radical (unpaired) electrons. The second-order valence-corrected chi connectivity index (χ2v) is 36.3. The van der Waals surface area contributed by atoms with Crippen LogP contribution in [0.5, 0.6) is 11.6 Å². The van der Waals surface area contributed by atoms with E-state index in [1.807, 2.05) is 150 Å². The average molecular weight is 1790 g/mol. The second kappa shape index (κ2) is 41.1. The topological polar surface area (TPSA) is 361 Å². The fraction of sp³-hybridized carbons (Fsp3) is 0.287. The number of likely N-dealkylation sites (N-methyl/N-ethyl adjacent to an activating group) is 1. The zero-order valence-corrected chi connectivity index (χ0v) is 74.9. The SMILES string of the molecule is CC(C)COc1ccc(-c2csc3c(=O)[nH]c(-c4ccccn4)nc23)cn1.CC(C)Cc1csc2c(=O)[nH]c(-c3ccccn3)nc12.CN(C)CCOc1cccc(-c2csc3c(=O)[nH]c(-c4ccccn4)nc23)c1.O=C(c1csc2c(=O)[nH]c(-c3ccccn3)nc12)N1CCOC(CN2CCCCC2)C1.O=c1[nH]c(-c2ccccn2)nc2c(C3CCCC3)csc12. The molecule has 1 aliphatic carbocycles. The number of carbonyl (C=O) groups excluding carboxylic acids is 1. The Morgan fingerprint density at radius 1 is 0.480 bits per heavy atom. The van der Waals surface area contributed by atoms with Crippen molar-refractivity contribution in [3.8, 4) is 91.5 Å². The van der Waals surface area contributed by atoms with Gasteiger partial charge in [0.2, 0.25) is 5.88 Å². The number of ether oxygens (including phenoxy) is 3. The highest BCUT2D eigenvalue weighted by molar-refractivity contribution is 7.18. The maximum absolute atomic E-state index is 13.4. The summed E-state index contributed by atoms with van der Waals surface area (Å²) in [6.45, 7) is 15.3. The van der Waals surface area contributed by atoms with Crippen molar-refractivity contribution < 1.29 is 19.0 Å². The number of benzene rings is 1. The van der Waals surface area contributed by atoms with E-state index in [4.69, 9.17) is 24.2 Å². The van der Waals surface area contributed by atoms with Gasteiger partial charge in [0.15, 0.2) is 29.1 Å². The minimum Gasteiger partial charge on any atom is -0.492 e. The molecule has 28 nitrogen and oxygen atoms in total. The predicted octanol–water partition coefficient (Wildman–Crippen LogP) is 17.1. The zero-order chi connectivity index (χ0) is 87.9. The third-order valence-electron chi connectivity index (χ3n) is 21.3. The maximum atomic E-state index is 13.4. The van der Waals surface area contributed by atoms with Crippen molar-refractivity contribution in [3.63, 3.8) is 0 Å². The van der Waals surface area contributed by atoms with Gasteiger partial charge in [-0.15, -0.1) is 56.7 Å². The molecule has 1 atom stereocenters. The van der Waals surface area contributed by atoms with Crippen molar-refractivity contribution >= 4 is 114 Å². The summed E-state index contributed by atoms with van der Waals surface area (Å²) in [5.74, 6) is 5.22. The van der Waals surface area contributed by atoms with Crippen LogP contribution in [-0.2, 0) is 11.2 Å². The van der Waals surface area contributed by atoms with Gasteiger partial charge in [0.05, 0.1) is 46.9 Å². The first kappa shape index (κ1) is 87.7. The Hall–Kier alpha value is -12.7. The molecule has 0 spiro atoms. The van der Waals surface area contributed by atoms with Gasteiger partial charge < -0.3 is 53.8 Å². The first-order chi connectivity index (χ1) is 61.9. The number of hydrogen-bond donors (Lipinski definition) is 5. The molecule has 18 heterocycles. The summed E-state index contributed by atoms with van der Waals surface area (Å²) in [4.78, 5) is 145. The molecule has 5 N–H and O–H groups in total. The van der Waals surface area contributed by atoms with Crippen LogP contribution >= 0.6 is 56.7 Å². The lowest BCUT2D eigenvalue weighted by molar-refractivity contribution is -0.0376. The monoisotopic (exact) mass is 1790 g/mol. The number of hydrogen-bond acceptors (Lipinski definition) is 27. The van der Waals surface area contributed by atoms with Crippen molar-refractivity contribution in [2.75, 3.05) is 73.2 Å². The van der Waals surface area contributed by atoms with Gasteiger partial charge in [-0.1, -0.05) is 89.4 Å². The number of fused-ring (bicyclic) bond motifs is 5. The van der Waals surface area contributed by atoms with E-state index < -0.39 is 0 Å².